The van der Waals surface area contributed by atoms with Gasteiger partial charge in [0.15, 0.2) is 12.5 Å². The van der Waals surface area contributed by atoms with Gasteiger partial charge >= 0.3 is 0 Å². The second-order valence-corrected chi connectivity index (χ2v) is 5.03. The number of methoxy groups -OCH3 is 1. The smallest absolute Gasteiger partial charge is 0.188 e. The largest absolute Gasteiger partial charge is 0.465 e. The molecule has 3 nitrogen and oxygen atoms in total. The molecule has 2 aromatic rings. The maximum absolute atomic E-state index is 9.02. The summed E-state index contributed by atoms with van der Waals surface area (Å²) in [4.78, 5) is 0.574. The van der Waals surface area contributed by atoms with Crippen molar-refractivity contribution in [3.05, 3.63) is 27.5 Å². The number of ether oxygens (including phenoxy) is 2. The molecule has 0 saturated heterocycles. The highest BCUT2D eigenvalue weighted by Crippen LogP contribution is 2.38. The van der Waals surface area contributed by atoms with Crippen LogP contribution in [0.15, 0.2) is 22.7 Å². The van der Waals surface area contributed by atoms with Crippen molar-refractivity contribution in [3.63, 3.8) is 0 Å². The normalized spacial score (nSPS) is 10.3. The van der Waals surface area contributed by atoms with Crippen LogP contribution in [0.5, 0.6) is 5.75 Å². The Bertz CT molecular complexity index is 559. The van der Waals surface area contributed by atoms with Crippen molar-refractivity contribution in [1.29, 1.82) is 5.26 Å². The van der Waals surface area contributed by atoms with E-state index in [0.717, 1.165) is 14.6 Å². The highest BCUT2D eigenvalue weighted by molar-refractivity contribution is 9.10. The van der Waals surface area contributed by atoms with Crippen LogP contribution < -0.4 is 4.74 Å². The van der Waals surface area contributed by atoms with Gasteiger partial charge in [-0.25, -0.2) is 0 Å². The zero-order chi connectivity index (χ0) is 11.5. The monoisotopic (exact) mass is 297 g/mol. The van der Waals surface area contributed by atoms with Gasteiger partial charge in [-0.2, -0.15) is 5.26 Å². The van der Waals surface area contributed by atoms with E-state index < -0.39 is 0 Å². The summed E-state index contributed by atoms with van der Waals surface area (Å²) in [5.41, 5.74) is 0. The molecular formula is C11H8BrNO2S. The van der Waals surface area contributed by atoms with Crippen LogP contribution in [0.2, 0.25) is 0 Å². The van der Waals surface area contributed by atoms with E-state index in [1.807, 2.05) is 18.2 Å². The van der Waals surface area contributed by atoms with Gasteiger partial charge in [0.25, 0.3) is 0 Å². The zero-order valence-electron chi connectivity index (χ0n) is 8.49. The van der Waals surface area contributed by atoms with E-state index >= 15 is 0 Å². The maximum Gasteiger partial charge on any atom is 0.188 e. The Morgan fingerprint density at radius 3 is 3.00 bits per heavy atom. The van der Waals surface area contributed by atoms with Gasteiger partial charge in [0.2, 0.25) is 0 Å². The van der Waals surface area contributed by atoms with Crippen molar-refractivity contribution in [2.24, 2.45) is 0 Å². The van der Waals surface area contributed by atoms with Gasteiger partial charge in [-0.15, -0.1) is 11.3 Å². The van der Waals surface area contributed by atoms with Gasteiger partial charge < -0.3 is 9.47 Å². The van der Waals surface area contributed by atoms with Crippen molar-refractivity contribution in [2.75, 3.05) is 13.9 Å². The fraction of sp³-hybridized carbons (Fsp3) is 0.182. The third kappa shape index (κ3) is 2.05. The number of thiophene rings is 1. The SMILES string of the molecule is COCOc1c(C#N)sc2ccc(Br)cc12. The average molecular weight is 298 g/mol. The molecule has 0 spiro atoms. The molecule has 1 aromatic carbocycles. The molecule has 82 valence electrons. The van der Waals surface area contributed by atoms with Crippen LogP contribution in [-0.4, -0.2) is 13.9 Å². The molecule has 2 rings (SSSR count). The molecule has 0 atom stereocenters. The second-order valence-electron chi connectivity index (χ2n) is 3.06. The zero-order valence-corrected chi connectivity index (χ0v) is 10.9. The summed E-state index contributed by atoms with van der Waals surface area (Å²) in [5.74, 6) is 0.602. The summed E-state index contributed by atoms with van der Waals surface area (Å²) in [6.45, 7) is 0.146. The molecule has 0 radical (unpaired) electrons. The van der Waals surface area contributed by atoms with E-state index in [1.165, 1.54) is 11.3 Å². The van der Waals surface area contributed by atoms with E-state index in [9.17, 15) is 0 Å². The van der Waals surface area contributed by atoms with E-state index in [1.54, 1.807) is 7.11 Å². The summed E-state index contributed by atoms with van der Waals surface area (Å²) in [7, 11) is 1.55. The first kappa shape index (κ1) is 11.4. The van der Waals surface area contributed by atoms with Gasteiger partial charge in [0, 0.05) is 21.7 Å². The summed E-state index contributed by atoms with van der Waals surface area (Å²) < 4.78 is 12.3. The topological polar surface area (TPSA) is 42.2 Å². The van der Waals surface area contributed by atoms with Gasteiger partial charge in [-0.05, 0) is 18.2 Å². The highest BCUT2D eigenvalue weighted by atomic mass is 79.9. The molecule has 0 aliphatic rings. The highest BCUT2D eigenvalue weighted by Gasteiger charge is 2.13. The van der Waals surface area contributed by atoms with Crippen LogP contribution in [0.25, 0.3) is 10.1 Å². The number of fused-ring (bicyclic) bond motifs is 1. The summed E-state index contributed by atoms with van der Waals surface area (Å²) >= 11 is 4.82. The molecule has 0 amide bonds. The Labute approximate surface area is 105 Å². The fourth-order valence-electron chi connectivity index (χ4n) is 1.38. The molecule has 16 heavy (non-hydrogen) atoms. The van der Waals surface area contributed by atoms with Gasteiger partial charge in [-0.3, -0.25) is 0 Å². The lowest BCUT2D eigenvalue weighted by molar-refractivity contribution is 0.0523. The van der Waals surface area contributed by atoms with E-state index in [-0.39, 0.29) is 6.79 Å². The first-order valence-electron chi connectivity index (χ1n) is 4.50. The van der Waals surface area contributed by atoms with E-state index in [0.29, 0.717) is 10.6 Å². The third-order valence-electron chi connectivity index (χ3n) is 2.03. The Hall–Kier alpha value is -1.09. The van der Waals surface area contributed by atoms with E-state index in [2.05, 4.69) is 22.0 Å². The number of halogens is 1. The number of rotatable bonds is 3. The first-order valence-corrected chi connectivity index (χ1v) is 6.11. The number of nitriles is 1. The lowest BCUT2D eigenvalue weighted by atomic mass is 10.2. The van der Waals surface area contributed by atoms with Crippen LogP contribution >= 0.6 is 27.3 Å². The third-order valence-corrected chi connectivity index (χ3v) is 3.58. The van der Waals surface area contributed by atoms with Gasteiger partial charge in [-0.1, -0.05) is 15.9 Å². The minimum atomic E-state index is 0.146. The lowest BCUT2D eigenvalue weighted by Gasteiger charge is -2.03. The molecule has 1 aromatic heterocycles. The summed E-state index contributed by atoms with van der Waals surface area (Å²) in [6.07, 6.45) is 0. The quantitative estimate of drug-likeness (QED) is 0.814. The molecule has 0 saturated carbocycles. The molecule has 0 unspecified atom stereocenters. The Kier molecular flexibility index (Phi) is 3.44. The Morgan fingerprint density at radius 1 is 1.50 bits per heavy atom. The van der Waals surface area contributed by atoms with E-state index in [4.69, 9.17) is 14.7 Å². The first-order chi connectivity index (χ1) is 7.76. The standard InChI is InChI=1S/C11H8BrNO2S/c1-14-6-15-11-8-4-7(12)2-3-9(8)16-10(11)5-13/h2-4H,6H2,1H3. The van der Waals surface area contributed by atoms with Crippen molar-refractivity contribution in [1.82, 2.24) is 0 Å². The molecule has 0 N–H and O–H groups in total. The molecule has 0 bridgehead atoms. The van der Waals surface area contributed by atoms with Crippen molar-refractivity contribution >= 4 is 37.4 Å². The minimum absolute atomic E-state index is 0.146. The van der Waals surface area contributed by atoms with Crippen LogP contribution in [-0.2, 0) is 4.74 Å². The molecule has 5 heteroatoms. The average Bonchev–Trinajstić information content (AvgIpc) is 2.63. The van der Waals surface area contributed by atoms with Crippen molar-refractivity contribution in [3.8, 4) is 11.8 Å². The fourth-order valence-corrected chi connectivity index (χ4v) is 2.67. The minimum Gasteiger partial charge on any atom is -0.465 e. The predicted octanol–water partition coefficient (Wildman–Crippen LogP) is 3.52. The van der Waals surface area contributed by atoms with Crippen LogP contribution in [0, 0.1) is 11.3 Å². The number of hydrogen-bond acceptors (Lipinski definition) is 4. The molecule has 0 aliphatic carbocycles. The Morgan fingerprint density at radius 2 is 2.31 bits per heavy atom. The second kappa shape index (κ2) is 4.83. The molecule has 1 heterocycles. The Balaban J connectivity index is 2.57. The maximum atomic E-state index is 9.02. The van der Waals surface area contributed by atoms with Crippen molar-refractivity contribution < 1.29 is 9.47 Å². The van der Waals surface area contributed by atoms with Gasteiger partial charge in [0.05, 0.1) is 0 Å². The molecular weight excluding hydrogens is 290 g/mol. The summed E-state index contributed by atoms with van der Waals surface area (Å²) in [6, 6.07) is 7.99. The van der Waals surface area contributed by atoms with Gasteiger partial charge in [0.1, 0.15) is 10.9 Å². The van der Waals surface area contributed by atoms with Crippen LogP contribution in [0.4, 0.5) is 0 Å². The molecule has 0 aliphatic heterocycles. The predicted molar refractivity (Wildman–Crippen MR) is 66.7 cm³/mol. The number of nitrogens with zero attached hydrogens (tertiary/aromatic N) is 1. The lowest BCUT2D eigenvalue weighted by Crippen LogP contribution is -1.99. The summed E-state index contributed by atoms with van der Waals surface area (Å²) in [5, 5.41) is 9.95. The van der Waals surface area contributed by atoms with Crippen molar-refractivity contribution in [2.45, 2.75) is 0 Å². The molecule has 0 fully saturated rings. The van der Waals surface area contributed by atoms with Crippen LogP contribution in [0.1, 0.15) is 4.88 Å². The van der Waals surface area contributed by atoms with Crippen LogP contribution in [0.3, 0.4) is 0 Å². The number of benzene rings is 1. The number of hydrogen-bond donors (Lipinski definition) is 0.